The Kier molecular flexibility index (Phi) is 4.51. The molecule has 0 saturated heterocycles. The van der Waals surface area contributed by atoms with Gasteiger partial charge in [0.2, 0.25) is 0 Å². The molecule has 0 spiro atoms. The molecule has 112 valence electrons. The Hall–Kier alpha value is -1.63. The fourth-order valence-electron chi connectivity index (χ4n) is 1.84. The zero-order valence-electron chi connectivity index (χ0n) is 11.2. The van der Waals surface area contributed by atoms with Crippen LogP contribution in [-0.2, 0) is 16.6 Å². The average molecular weight is 329 g/mol. The summed E-state index contributed by atoms with van der Waals surface area (Å²) < 4.78 is 40.8. The standard InChI is InChI=1S/C14H14ClFN2O2S/c1-9-6-13(7-10(8-17)14(9)16)21(19,20)18-12-4-2-11(15)3-5-12/h2-7,18H,8,17H2,1H3. The van der Waals surface area contributed by atoms with Gasteiger partial charge in [0, 0.05) is 22.8 Å². The minimum absolute atomic E-state index is 0.0307. The van der Waals surface area contributed by atoms with Crippen molar-refractivity contribution in [3.63, 3.8) is 0 Å². The molecule has 3 N–H and O–H groups in total. The summed E-state index contributed by atoms with van der Waals surface area (Å²) in [5.41, 5.74) is 6.19. The lowest BCUT2D eigenvalue weighted by atomic mass is 10.1. The van der Waals surface area contributed by atoms with Gasteiger partial charge in [-0.05, 0) is 48.9 Å². The first kappa shape index (κ1) is 15.8. The van der Waals surface area contributed by atoms with Gasteiger partial charge in [0.25, 0.3) is 10.0 Å². The van der Waals surface area contributed by atoms with Gasteiger partial charge >= 0.3 is 0 Å². The molecule has 0 fully saturated rings. The minimum Gasteiger partial charge on any atom is -0.326 e. The second kappa shape index (κ2) is 6.01. The second-order valence-corrected chi connectivity index (χ2v) is 6.65. The Morgan fingerprint density at radius 2 is 1.86 bits per heavy atom. The molecule has 2 aromatic rings. The van der Waals surface area contributed by atoms with E-state index in [-0.39, 0.29) is 22.6 Å². The monoisotopic (exact) mass is 328 g/mol. The first-order valence-electron chi connectivity index (χ1n) is 6.11. The molecule has 0 amide bonds. The Morgan fingerprint density at radius 1 is 1.24 bits per heavy atom. The number of nitrogens with one attached hydrogen (secondary N) is 1. The van der Waals surface area contributed by atoms with Crippen molar-refractivity contribution in [2.24, 2.45) is 5.73 Å². The van der Waals surface area contributed by atoms with Gasteiger partial charge in [-0.3, -0.25) is 4.72 Å². The molecular formula is C14H14ClFN2O2S. The summed E-state index contributed by atoms with van der Waals surface area (Å²) in [5.74, 6) is -0.483. The van der Waals surface area contributed by atoms with E-state index in [0.29, 0.717) is 10.7 Å². The van der Waals surface area contributed by atoms with E-state index in [9.17, 15) is 12.8 Å². The van der Waals surface area contributed by atoms with Crippen molar-refractivity contribution < 1.29 is 12.8 Å². The molecule has 0 aromatic heterocycles. The van der Waals surface area contributed by atoms with E-state index in [1.807, 2.05) is 0 Å². The van der Waals surface area contributed by atoms with Crippen LogP contribution < -0.4 is 10.5 Å². The summed E-state index contributed by atoms with van der Waals surface area (Å²) in [7, 11) is -3.81. The molecule has 0 aliphatic carbocycles. The summed E-state index contributed by atoms with van der Waals surface area (Å²) in [5, 5.41) is 0.501. The molecule has 2 aromatic carbocycles. The summed E-state index contributed by atoms with van der Waals surface area (Å²) >= 11 is 5.74. The number of aryl methyl sites for hydroxylation is 1. The number of rotatable bonds is 4. The highest BCUT2D eigenvalue weighted by molar-refractivity contribution is 7.92. The van der Waals surface area contributed by atoms with Gasteiger partial charge in [0.15, 0.2) is 0 Å². The third-order valence-electron chi connectivity index (χ3n) is 2.93. The van der Waals surface area contributed by atoms with E-state index in [2.05, 4.69) is 4.72 Å². The molecule has 0 atom stereocenters. The van der Waals surface area contributed by atoms with Crippen LogP contribution in [0.4, 0.5) is 10.1 Å². The highest BCUT2D eigenvalue weighted by Crippen LogP contribution is 2.22. The molecular weight excluding hydrogens is 315 g/mol. The number of halogens is 2. The molecule has 0 bridgehead atoms. The van der Waals surface area contributed by atoms with Gasteiger partial charge in [-0.2, -0.15) is 0 Å². The molecule has 21 heavy (non-hydrogen) atoms. The van der Waals surface area contributed by atoms with Gasteiger partial charge in [-0.1, -0.05) is 11.6 Å². The van der Waals surface area contributed by atoms with Crippen molar-refractivity contribution in [3.8, 4) is 0 Å². The van der Waals surface area contributed by atoms with E-state index in [1.165, 1.54) is 19.1 Å². The van der Waals surface area contributed by atoms with Crippen LogP contribution in [0.25, 0.3) is 0 Å². The number of anilines is 1. The predicted molar refractivity (Wildman–Crippen MR) is 81.3 cm³/mol. The summed E-state index contributed by atoms with van der Waals surface area (Å²) in [6.07, 6.45) is 0. The van der Waals surface area contributed by atoms with Crippen LogP contribution in [0.2, 0.25) is 5.02 Å². The van der Waals surface area contributed by atoms with Crippen molar-refractivity contribution in [3.05, 3.63) is 58.4 Å². The largest absolute Gasteiger partial charge is 0.326 e. The quantitative estimate of drug-likeness (QED) is 0.906. The lowest BCUT2D eigenvalue weighted by Gasteiger charge is -2.11. The fourth-order valence-corrected chi connectivity index (χ4v) is 3.16. The van der Waals surface area contributed by atoms with Crippen molar-refractivity contribution in [1.82, 2.24) is 0 Å². The van der Waals surface area contributed by atoms with Gasteiger partial charge in [-0.15, -0.1) is 0 Å². The molecule has 0 unspecified atom stereocenters. The van der Waals surface area contributed by atoms with E-state index < -0.39 is 15.8 Å². The average Bonchev–Trinajstić information content (AvgIpc) is 2.44. The van der Waals surface area contributed by atoms with E-state index in [1.54, 1.807) is 24.3 Å². The first-order valence-corrected chi connectivity index (χ1v) is 7.97. The Labute approximate surface area is 127 Å². The van der Waals surface area contributed by atoms with E-state index in [4.69, 9.17) is 17.3 Å². The molecule has 0 saturated carbocycles. The van der Waals surface area contributed by atoms with Crippen LogP contribution in [0.3, 0.4) is 0 Å². The Balaban J connectivity index is 2.40. The molecule has 0 aliphatic heterocycles. The van der Waals surface area contributed by atoms with Crippen molar-refractivity contribution >= 4 is 27.3 Å². The molecule has 0 aliphatic rings. The van der Waals surface area contributed by atoms with Crippen LogP contribution in [0, 0.1) is 12.7 Å². The second-order valence-electron chi connectivity index (χ2n) is 4.53. The molecule has 0 heterocycles. The van der Waals surface area contributed by atoms with Crippen LogP contribution >= 0.6 is 11.6 Å². The van der Waals surface area contributed by atoms with Gasteiger partial charge in [0.1, 0.15) is 5.82 Å². The minimum atomic E-state index is -3.81. The highest BCUT2D eigenvalue weighted by Gasteiger charge is 2.18. The zero-order valence-corrected chi connectivity index (χ0v) is 12.8. The maximum atomic E-state index is 13.7. The number of nitrogens with two attached hydrogens (primary N) is 1. The topological polar surface area (TPSA) is 72.2 Å². The summed E-state index contributed by atoms with van der Waals surface area (Å²) in [6.45, 7) is 1.42. The lowest BCUT2D eigenvalue weighted by molar-refractivity contribution is 0.592. The summed E-state index contributed by atoms with van der Waals surface area (Å²) in [6, 6.07) is 8.73. The SMILES string of the molecule is Cc1cc(S(=O)(=O)Nc2ccc(Cl)cc2)cc(CN)c1F. The van der Waals surface area contributed by atoms with Crippen LogP contribution in [-0.4, -0.2) is 8.42 Å². The Bertz CT molecular complexity index is 761. The maximum Gasteiger partial charge on any atom is 0.261 e. The van der Waals surface area contributed by atoms with Crippen LogP contribution in [0.15, 0.2) is 41.3 Å². The molecule has 4 nitrogen and oxygen atoms in total. The Morgan fingerprint density at radius 3 is 2.43 bits per heavy atom. The zero-order chi connectivity index (χ0) is 15.6. The number of benzene rings is 2. The van der Waals surface area contributed by atoms with Crippen molar-refractivity contribution in [1.29, 1.82) is 0 Å². The number of hydrogen-bond donors (Lipinski definition) is 2. The van der Waals surface area contributed by atoms with Crippen molar-refractivity contribution in [2.75, 3.05) is 4.72 Å². The van der Waals surface area contributed by atoms with Gasteiger partial charge in [-0.25, -0.2) is 12.8 Å². The number of sulfonamides is 1. The van der Waals surface area contributed by atoms with Crippen LogP contribution in [0.1, 0.15) is 11.1 Å². The first-order chi connectivity index (χ1) is 9.83. The van der Waals surface area contributed by atoms with Crippen molar-refractivity contribution in [2.45, 2.75) is 18.4 Å². The fraction of sp³-hybridized carbons (Fsp3) is 0.143. The highest BCUT2D eigenvalue weighted by atomic mass is 35.5. The van der Waals surface area contributed by atoms with E-state index >= 15 is 0 Å². The van der Waals surface area contributed by atoms with Gasteiger partial charge < -0.3 is 5.73 Å². The van der Waals surface area contributed by atoms with Crippen LogP contribution in [0.5, 0.6) is 0 Å². The molecule has 7 heteroatoms. The third kappa shape index (κ3) is 3.53. The van der Waals surface area contributed by atoms with E-state index in [0.717, 1.165) is 0 Å². The van der Waals surface area contributed by atoms with Gasteiger partial charge in [0.05, 0.1) is 4.90 Å². The predicted octanol–water partition coefficient (Wildman–Crippen LogP) is 3.05. The maximum absolute atomic E-state index is 13.7. The summed E-state index contributed by atoms with van der Waals surface area (Å²) in [4.78, 5) is -0.0307. The lowest BCUT2D eigenvalue weighted by Crippen LogP contribution is -2.14. The third-order valence-corrected chi connectivity index (χ3v) is 4.54. The molecule has 2 rings (SSSR count). The molecule has 0 radical (unpaired) electrons. The smallest absolute Gasteiger partial charge is 0.261 e. The normalized spacial score (nSPS) is 11.4. The number of hydrogen-bond acceptors (Lipinski definition) is 3.